The van der Waals surface area contributed by atoms with Gasteiger partial charge in [-0.25, -0.2) is 4.79 Å². The first-order valence-electron chi connectivity index (χ1n) is 5.34. The molecule has 1 aromatic rings. The number of allylic oxidation sites excluding steroid dienone is 1. The third kappa shape index (κ3) is 3.62. The Morgan fingerprint density at radius 1 is 1.33 bits per heavy atom. The lowest BCUT2D eigenvalue weighted by atomic mass is 10.1. The van der Waals surface area contributed by atoms with Crippen LogP contribution in [0.3, 0.4) is 0 Å². The summed E-state index contributed by atoms with van der Waals surface area (Å²) in [5, 5.41) is 8.48. The Morgan fingerprint density at radius 3 is 2.61 bits per heavy atom. The molecule has 0 aliphatic heterocycles. The molecular weight excluding hydrogens is 236 g/mol. The Bertz CT molecular complexity index is 476. The van der Waals surface area contributed by atoms with Gasteiger partial charge in [-0.15, -0.1) is 0 Å². The van der Waals surface area contributed by atoms with Crippen LogP contribution in [0.25, 0.3) is 0 Å². The maximum atomic E-state index is 11.8. The van der Waals surface area contributed by atoms with Crippen LogP contribution in [0.4, 0.5) is 0 Å². The molecule has 0 spiro atoms. The summed E-state index contributed by atoms with van der Waals surface area (Å²) < 4.78 is 10.3. The van der Waals surface area contributed by atoms with Crippen molar-refractivity contribution < 1.29 is 24.2 Å². The first-order valence-corrected chi connectivity index (χ1v) is 5.34. The second-order valence-electron chi connectivity index (χ2n) is 3.33. The van der Waals surface area contributed by atoms with Crippen LogP contribution in [0.5, 0.6) is 11.5 Å². The number of ether oxygens (including phenoxy) is 2. The molecule has 0 bridgehead atoms. The van der Waals surface area contributed by atoms with Crippen molar-refractivity contribution in [3.8, 4) is 11.5 Å². The van der Waals surface area contributed by atoms with Gasteiger partial charge < -0.3 is 14.6 Å². The van der Waals surface area contributed by atoms with Crippen molar-refractivity contribution in [3.05, 3.63) is 35.9 Å². The maximum absolute atomic E-state index is 11.8. The summed E-state index contributed by atoms with van der Waals surface area (Å²) in [5.74, 6) is -0.719. The molecule has 0 aliphatic carbocycles. The van der Waals surface area contributed by atoms with Gasteiger partial charge >= 0.3 is 5.97 Å². The van der Waals surface area contributed by atoms with E-state index in [0.29, 0.717) is 18.1 Å². The number of rotatable bonds is 6. The van der Waals surface area contributed by atoms with Crippen LogP contribution in [0, 0.1) is 0 Å². The van der Waals surface area contributed by atoms with Crippen LogP contribution >= 0.6 is 0 Å². The molecule has 18 heavy (non-hydrogen) atoms. The highest BCUT2D eigenvalue weighted by molar-refractivity contribution is 6.08. The number of hydrogen-bond acceptors (Lipinski definition) is 4. The van der Waals surface area contributed by atoms with Crippen LogP contribution in [-0.2, 0) is 4.79 Å². The SMILES string of the molecule is CCOc1ccc(OC)c(C(=O)/C=C/C(=O)O)c1. The average molecular weight is 250 g/mol. The van der Waals surface area contributed by atoms with Gasteiger partial charge in [0.05, 0.1) is 19.3 Å². The van der Waals surface area contributed by atoms with E-state index in [-0.39, 0.29) is 5.56 Å². The number of hydrogen-bond donors (Lipinski definition) is 1. The lowest BCUT2D eigenvalue weighted by Crippen LogP contribution is -2.02. The van der Waals surface area contributed by atoms with Gasteiger partial charge in [0.25, 0.3) is 0 Å². The Balaban J connectivity index is 3.07. The predicted molar refractivity (Wildman–Crippen MR) is 65.3 cm³/mol. The first kappa shape index (κ1) is 13.8. The predicted octanol–water partition coefficient (Wildman–Crippen LogP) is 1.92. The maximum Gasteiger partial charge on any atom is 0.328 e. The van der Waals surface area contributed by atoms with Crippen molar-refractivity contribution in [1.29, 1.82) is 0 Å². The standard InChI is InChI=1S/C13H14O5/c1-3-18-9-4-6-12(17-2)10(8-9)11(14)5-7-13(15)16/h4-8H,3H2,1-2H3,(H,15,16)/b7-5+. The van der Waals surface area contributed by atoms with Crippen molar-refractivity contribution in [2.75, 3.05) is 13.7 Å². The van der Waals surface area contributed by atoms with Crippen LogP contribution in [0.1, 0.15) is 17.3 Å². The molecule has 0 unspecified atom stereocenters. The van der Waals surface area contributed by atoms with Crippen molar-refractivity contribution in [3.63, 3.8) is 0 Å². The normalized spacial score (nSPS) is 10.3. The molecule has 0 atom stereocenters. The second kappa shape index (κ2) is 6.44. The zero-order valence-electron chi connectivity index (χ0n) is 10.2. The van der Waals surface area contributed by atoms with Gasteiger partial charge in [0.2, 0.25) is 0 Å². The number of carboxylic acids is 1. The second-order valence-corrected chi connectivity index (χ2v) is 3.33. The number of aliphatic carboxylic acids is 1. The highest BCUT2D eigenvalue weighted by atomic mass is 16.5. The smallest absolute Gasteiger partial charge is 0.328 e. The molecule has 96 valence electrons. The Hall–Kier alpha value is -2.30. The van der Waals surface area contributed by atoms with E-state index in [4.69, 9.17) is 14.6 Å². The van der Waals surface area contributed by atoms with E-state index in [2.05, 4.69) is 0 Å². The summed E-state index contributed by atoms with van der Waals surface area (Å²) >= 11 is 0. The number of carbonyl (C=O) groups is 2. The van der Waals surface area contributed by atoms with E-state index < -0.39 is 11.8 Å². The largest absolute Gasteiger partial charge is 0.496 e. The van der Waals surface area contributed by atoms with E-state index in [1.54, 1.807) is 12.1 Å². The van der Waals surface area contributed by atoms with E-state index in [1.165, 1.54) is 13.2 Å². The molecule has 0 aliphatic rings. The third-order valence-electron chi connectivity index (χ3n) is 2.12. The number of carbonyl (C=O) groups excluding carboxylic acids is 1. The summed E-state index contributed by atoms with van der Waals surface area (Å²) in [6.45, 7) is 2.31. The Morgan fingerprint density at radius 2 is 2.06 bits per heavy atom. The van der Waals surface area contributed by atoms with Gasteiger partial charge in [0.15, 0.2) is 5.78 Å². The topological polar surface area (TPSA) is 72.8 Å². The molecule has 1 aromatic carbocycles. The number of methoxy groups -OCH3 is 1. The van der Waals surface area contributed by atoms with Crippen molar-refractivity contribution in [1.82, 2.24) is 0 Å². The van der Waals surface area contributed by atoms with E-state index >= 15 is 0 Å². The van der Waals surface area contributed by atoms with Gasteiger partial charge in [-0.3, -0.25) is 4.79 Å². The Kier molecular flexibility index (Phi) is 4.92. The zero-order chi connectivity index (χ0) is 13.5. The minimum Gasteiger partial charge on any atom is -0.496 e. The number of benzene rings is 1. The number of ketones is 1. The highest BCUT2D eigenvalue weighted by Crippen LogP contribution is 2.24. The molecule has 1 N–H and O–H groups in total. The van der Waals surface area contributed by atoms with Crippen LogP contribution < -0.4 is 9.47 Å². The molecular formula is C13H14O5. The van der Waals surface area contributed by atoms with Crippen LogP contribution in [0.2, 0.25) is 0 Å². The lowest BCUT2D eigenvalue weighted by molar-refractivity contribution is -0.131. The molecule has 0 radical (unpaired) electrons. The molecule has 0 saturated heterocycles. The molecule has 0 saturated carbocycles. The quantitative estimate of drug-likeness (QED) is 0.616. The van der Waals surface area contributed by atoms with E-state index in [0.717, 1.165) is 12.2 Å². The fourth-order valence-electron chi connectivity index (χ4n) is 1.37. The molecule has 1 rings (SSSR count). The summed E-state index contributed by atoms with van der Waals surface area (Å²) in [5.41, 5.74) is 0.265. The summed E-state index contributed by atoms with van der Waals surface area (Å²) in [4.78, 5) is 22.2. The van der Waals surface area contributed by atoms with E-state index in [9.17, 15) is 9.59 Å². The Labute approximate surface area is 105 Å². The summed E-state index contributed by atoms with van der Waals surface area (Å²) in [6, 6.07) is 4.81. The molecule has 0 heterocycles. The number of carboxylic acid groups (broad SMARTS) is 1. The summed E-state index contributed by atoms with van der Waals surface area (Å²) in [6.07, 6.45) is 1.77. The fraction of sp³-hybridized carbons (Fsp3) is 0.231. The summed E-state index contributed by atoms with van der Waals surface area (Å²) in [7, 11) is 1.44. The van der Waals surface area contributed by atoms with Crippen molar-refractivity contribution >= 4 is 11.8 Å². The van der Waals surface area contributed by atoms with E-state index in [1.807, 2.05) is 6.92 Å². The third-order valence-corrected chi connectivity index (χ3v) is 2.12. The fourth-order valence-corrected chi connectivity index (χ4v) is 1.37. The molecule has 0 amide bonds. The lowest BCUT2D eigenvalue weighted by Gasteiger charge is -2.08. The van der Waals surface area contributed by atoms with Crippen molar-refractivity contribution in [2.24, 2.45) is 0 Å². The zero-order valence-corrected chi connectivity index (χ0v) is 10.2. The van der Waals surface area contributed by atoms with Gasteiger partial charge in [-0.2, -0.15) is 0 Å². The molecule has 5 nitrogen and oxygen atoms in total. The van der Waals surface area contributed by atoms with Gasteiger partial charge in [-0.05, 0) is 31.2 Å². The molecule has 0 aromatic heterocycles. The average Bonchev–Trinajstić information content (AvgIpc) is 2.36. The van der Waals surface area contributed by atoms with Crippen LogP contribution in [-0.4, -0.2) is 30.6 Å². The van der Waals surface area contributed by atoms with Crippen LogP contribution in [0.15, 0.2) is 30.4 Å². The monoisotopic (exact) mass is 250 g/mol. The molecule has 5 heteroatoms. The highest BCUT2D eigenvalue weighted by Gasteiger charge is 2.11. The first-order chi connectivity index (χ1) is 8.58. The minimum atomic E-state index is -1.18. The van der Waals surface area contributed by atoms with Gasteiger partial charge in [0.1, 0.15) is 11.5 Å². The van der Waals surface area contributed by atoms with Crippen molar-refractivity contribution in [2.45, 2.75) is 6.92 Å². The van der Waals surface area contributed by atoms with Gasteiger partial charge in [0, 0.05) is 6.08 Å². The van der Waals surface area contributed by atoms with Gasteiger partial charge in [-0.1, -0.05) is 0 Å². The molecule has 0 fully saturated rings. The minimum absolute atomic E-state index is 0.265.